The Morgan fingerprint density at radius 3 is 2.62 bits per heavy atom. The second-order valence-corrected chi connectivity index (χ2v) is 5.71. The summed E-state index contributed by atoms with van der Waals surface area (Å²) in [5, 5.41) is 18.7. The molecule has 0 radical (unpaired) electrons. The van der Waals surface area contributed by atoms with E-state index in [9.17, 15) is 14.7 Å². The smallest absolute Gasteiger partial charge is 0.342 e. The molecular formula is C19H16N2O5. The zero-order chi connectivity index (χ0) is 18.7. The SMILES string of the molecule is COc1ccc(C(=O)OC2CCN(c3ccc(C#N)cc3)C2=O)c(O)c1. The van der Waals surface area contributed by atoms with Gasteiger partial charge in [0.05, 0.1) is 18.7 Å². The van der Waals surface area contributed by atoms with E-state index in [-0.39, 0.29) is 17.2 Å². The monoisotopic (exact) mass is 352 g/mol. The van der Waals surface area contributed by atoms with Gasteiger partial charge in [-0.25, -0.2) is 4.79 Å². The van der Waals surface area contributed by atoms with Gasteiger partial charge in [0.1, 0.15) is 17.1 Å². The average molecular weight is 352 g/mol. The summed E-state index contributed by atoms with van der Waals surface area (Å²) in [7, 11) is 1.45. The van der Waals surface area contributed by atoms with E-state index in [2.05, 4.69) is 0 Å². The molecule has 0 saturated carbocycles. The largest absolute Gasteiger partial charge is 0.507 e. The molecule has 7 heteroatoms. The minimum atomic E-state index is -0.917. The summed E-state index contributed by atoms with van der Waals surface area (Å²) < 4.78 is 10.2. The van der Waals surface area contributed by atoms with E-state index in [0.29, 0.717) is 30.0 Å². The molecule has 7 nitrogen and oxygen atoms in total. The highest BCUT2D eigenvalue weighted by Gasteiger charge is 2.36. The third-order valence-corrected chi connectivity index (χ3v) is 4.14. The number of benzene rings is 2. The fraction of sp³-hybridized carbons (Fsp3) is 0.211. The van der Waals surface area contributed by atoms with Crippen molar-refractivity contribution in [1.82, 2.24) is 0 Å². The van der Waals surface area contributed by atoms with Crippen LogP contribution in [0.4, 0.5) is 5.69 Å². The van der Waals surface area contributed by atoms with Crippen LogP contribution >= 0.6 is 0 Å². The van der Waals surface area contributed by atoms with E-state index in [1.165, 1.54) is 30.2 Å². The van der Waals surface area contributed by atoms with Crippen molar-refractivity contribution in [2.24, 2.45) is 0 Å². The zero-order valence-corrected chi connectivity index (χ0v) is 14.0. The van der Waals surface area contributed by atoms with Gasteiger partial charge in [0.15, 0.2) is 6.10 Å². The molecule has 1 heterocycles. The predicted octanol–water partition coefficient (Wildman–Crippen LogP) is 2.23. The molecule has 3 rings (SSSR count). The van der Waals surface area contributed by atoms with Gasteiger partial charge in [-0.2, -0.15) is 5.26 Å². The number of nitriles is 1. The molecule has 1 saturated heterocycles. The fourth-order valence-electron chi connectivity index (χ4n) is 2.74. The number of aromatic hydroxyl groups is 1. The van der Waals surface area contributed by atoms with Crippen molar-refractivity contribution >= 4 is 17.6 Å². The number of amides is 1. The number of carbonyl (C=O) groups excluding carboxylic acids is 2. The number of rotatable bonds is 4. The summed E-state index contributed by atoms with van der Waals surface area (Å²) in [6.07, 6.45) is -0.568. The number of phenols is 1. The van der Waals surface area contributed by atoms with Crippen molar-refractivity contribution in [2.45, 2.75) is 12.5 Å². The molecule has 1 N–H and O–H groups in total. The van der Waals surface area contributed by atoms with E-state index < -0.39 is 12.1 Å². The van der Waals surface area contributed by atoms with Crippen molar-refractivity contribution in [2.75, 3.05) is 18.6 Å². The third-order valence-electron chi connectivity index (χ3n) is 4.14. The molecule has 1 atom stereocenters. The zero-order valence-electron chi connectivity index (χ0n) is 14.0. The minimum absolute atomic E-state index is 0.0320. The topological polar surface area (TPSA) is 99.9 Å². The van der Waals surface area contributed by atoms with Gasteiger partial charge in [0, 0.05) is 24.7 Å². The van der Waals surface area contributed by atoms with Crippen molar-refractivity contribution < 1.29 is 24.2 Å². The molecule has 0 aromatic heterocycles. The van der Waals surface area contributed by atoms with Crippen LogP contribution in [0.2, 0.25) is 0 Å². The molecule has 132 valence electrons. The van der Waals surface area contributed by atoms with E-state index in [1.807, 2.05) is 6.07 Å². The minimum Gasteiger partial charge on any atom is -0.507 e. The van der Waals surface area contributed by atoms with Gasteiger partial charge in [-0.3, -0.25) is 4.79 Å². The standard InChI is InChI=1S/C19H16N2O5/c1-25-14-6-7-15(16(22)10-14)19(24)26-17-8-9-21(18(17)23)13-4-2-12(11-20)3-5-13/h2-7,10,17,22H,8-9H2,1H3. The fourth-order valence-corrected chi connectivity index (χ4v) is 2.74. The maximum absolute atomic E-state index is 12.5. The number of methoxy groups -OCH3 is 1. The van der Waals surface area contributed by atoms with E-state index in [0.717, 1.165) is 0 Å². The Balaban J connectivity index is 1.70. The van der Waals surface area contributed by atoms with E-state index in [1.54, 1.807) is 24.3 Å². The average Bonchev–Trinajstić information content (AvgIpc) is 3.02. The summed E-state index contributed by atoms with van der Waals surface area (Å²) in [4.78, 5) is 26.3. The lowest BCUT2D eigenvalue weighted by atomic mass is 10.2. The Morgan fingerprint density at radius 1 is 1.27 bits per heavy atom. The quantitative estimate of drug-likeness (QED) is 0.847. The number of anilines is 1. The van der Waals surface area contributed by atoms with E-state index in [4.69, 9.17) is 14.7 Å². The Morgan fingerprint density at radius 2 is 2.00 bits per heavy atom. The van der Waals surface area contributed by atoms with Gasteiger partial charge in [-0.05, 0) is 36.4 Å². The molecule has 26 heavy (non-hydrogen) atoms. The molecule has 0 bridgehead atoms. The van der Waals surface area contributed by atoms with Gasteiger partial charge in [-0.1, -0.05) is 0 Å². The highest BCUT2D eigenvalue weighted by atomic mass is 16.5. The molecule has 2 aromatic rings. The summed E-state index contributed by atoms with van der Waals surface area (Å²) in [5.74, 6) is -0.979. The van der Waals surface area contributed by atoms with Crippen LogP contribution in [0.25, 0.3) is 0 Å². The molecule has 2 aromatic carbocycles. The van der Waals surface area contributed by atoms with Gasteiger partial charge in [0.25, 0.3) is 5.91 Å². The van der Waals surface area contributed by atoms with Crippen LogP contribution in [0.5, 0.6) is 11.5 Å². The van der Waals surface area contributed by atoms with Crippen molar-refractivity contribution in [3.05, 3.63) is 53.6 Å². The Hall–Kier alpha value is -3.53. The maximum atomic E-state index is 12.5. The van der Waals surface area contributed by atoms with Gasteiger partial charge in [-0.15, -0.1) is 0 Å². The van der Waals surface area contributed by atoms with Crippen LogP contribution in [0.15, 0.2) is 42.5 Å². The molecule has 1 aliphatic rings. The highest BCUT2D eigenvalue weighted by molar-refractivity contribution is 6.01. The van der Waals surface area contributed by atoms with Crippen molar-refractivity contribution in [1.29, 1.82) is 5.26 Å². The van der Waals surface area contributed by atoms with Crippen LogP contribution < -0.4 is 9.64 Å². The first kappa shape index (κ1) is 17.3. The third kappa shape index (κ3) is 3.30. The first-order valence-corrected chi connectivity index (χ1v) is 7.93. The number of phenolic OH excluding ortho intramolecular Hbond substituents is 1. The lowest BCUT2D eigenvalue weighted by Gasteiger charge is -2.17. The van der Waals surface area contributed by atoms with E-state index >= 15 is 0 Å². The predicted molar refractivity (Wildman–Crippen MR) is 92.0 cm³/mol. The second-order valence-electron chi connectivity index (χ2n) is 5.71. The number of ether oxygens (including phenoxy) is 2. The normalized spacial score (nSPS) is 16.2. The molecule has 0 spiro atoms. The highest BCUT2D eigenvalue weighted by Crippen LogP contribution is 2.27. The molecule has 0 aliphatic carbocycles. The first-order valence-electron chi connectivity index (χ1n) is 7.93. The van der Waals surface area contributed by atoms with Crippen molar-refractivity contribution in [3.8, 4) is 17.6 Å². The maximum Gasteiger partial charge on any atom is 0.342 e. The first-order chi connectivity index (χ1) is 12.5. The molecule has 1 unspecified atom stereocenters. The summed E-state index contributed by atoms with van der Waals surface area (Å²) >= 11 is 0. The van der Waals surface area contributed by atoms with Gasteiger partial charge >= 0.3 is 5.97 Å². The van der Waals surface area contributed by atoms with Crippen LogP contribution in [0, 0.1) is 11.3 Å². The van der Waals surface area contributed by atoms with Crippen LogP contribution in [-0.2, 0) is 9.53 Å². The van der Waals surface area contributed by atoms with Crippen molar-refractivity contribution in [3.63, 3.8) is 0 Å². The number of hydrogen-bond acceptors (Lipinski definition) is 6. The van der Waals surface area contributed by atoms with Crippen LogP contribution in [0.1, 0.15) is 22.3 Å². The molecule has 1 amide bonds. The Bertz CT molecular complexity index is 886. The Kier molecular flexibility index (Phi) is 4.76. The number of esters is 1. The number of carbonyl (C=O) groups is 2. The van der Waals surface area contributed by atoms with Crippen LogP contribution in [0.3, 0.4) is 0 Å². The van der Waals surface area contributed by atoms with Gasteiger partial charge < -0.3 is 19.5 Å². The van der Waals surface area contributed by atoms with Gasteiger partial charge in [0.2, 0.25) is 0 Å². The summed E-state index contributed by atoms with van der Waals surface area (Å²) in [6, 6.07) is 12.8. The summed E-state index contributed by atoms with van der Waals surface area (Å²) in [5.41, 5.74) is 1.11. The number of nitrogens with zero attached hydrogens (tertiary/aromatic N) is 2. The lowest BCUT2D eigenvalue weighted by Crippen LogP contribution is -2.32. The number of hydrogen-bond donors (Lipinski definition) is 1. The lowest BCUT2D eigenvalue weighted by molar-refractivity contribution is -0.124. The molecular weight excluding hydrogens is 336 g/mol. The Labute approximate surface area is 150 Å². The molecule has 1 aliphatic heterocycles. The second kappa shape index (κ2) is 7.15. The summed E-state index contributed by atoms with van der Waals surface area (Å²) in [6.45, 7) is 0.400. The molecule has 1 fully saturated rings. The van der Waals surface area contributed by atoms with Crippen LogP contribution in [-0.4, -0.2) is 36.7 Å².